The number of thiophene rings is 2. The number of carboxylic acids is 1. The van der Waals surface area contributed by atoms with Crippen LogP contribution in [-0.2, 0) is 0 Å². The van der Waals surface area contributed by atoms with E-state index in [1.165, 1.54) is 28.4 Å². The number of carbonyl (C=O) groups excluding carboxylic acids is 1. The van der Waals surface area contributed by atoms with Crippen molar-refractivity contribution in [1.29, 1.82) is 0 Å². The molecule has 0 saturated heterocycles. The first-order valence-corrected chi connectivity index (χ1v) is 7.35. The molecule has 0 aliphatic heterocycles. The Morgan fingerprint density at radius 2 is 2.05 bits per heavy atom. The van der Waals surface area contributed by atoms with Gasteiger partial charge in [-0.15, -0.1) is 27.8 Å². The minimum Gasteiger partial charge on any atom is -0.478 e. The molecule has 10 heteroatoms. The van der Waals surface area contributed by atoms with Crippen LogP contribution in [0.5, 0.6) is 0 Å². The van der Waals surface area contributed by atoms with Crippen LogP contribution in [-0.4, -0.2) is 37.2 Å². The van der Waals surface area contributed by atoms with Gasteiger partial charge in [-0.05, 0) is 33.3 Å². The molecule has 0 saturated carbocycles. The number of anilines is 1. The Morgan fingerprint density at radius 3 is 2.76 bits per heavy atom. The molecule has 0 aromatic carbocycles. The first kappa shape index (κ1) is 13.4. The highest BCUT2D eigenvalue weighted by Gasteiger charge is 2.19. The predicted octanol–water partition coefficient (Wildman–Crippen LogP) is 1.74. The fraction of sp³-hybridized carbons (Fsp3) is 0. The van der Waals surface area contributed by atoms with Crippen LogP contribution in [0.1, 0.15) is 20.0 Å². The van der Waals surface area contributed by atoms with Crippen LogP contribution in [0.3, 0.4) is 0 Å². The molecule has 3 rings (SSSR count). The summed E-state index contributed by atoms with van der Waals surface area (Å²) in [6.07, 6.45) is 1.38. The van der Waals surface area contributed by atoms with Crippen molar-refractivity contribution in [3.8, 4) is 5.69 Å². The molecule has 0 spiro atoms. The zero-order valence-electron chi connectivity index (χ0n) is 10.3. The zero-order chi connectivity index (χ0) is 14.8. The summed E-state index contributed by atoms with van der Waals surface area (Å²) in [5.41, 5.74) is 0.602. The first-order chi connectivity index (χ1) is 10.2. The molecular formula is C11H7N5O3S2. The van der Waals surface area contributed by atoms with Gasteiger partial charge in [0.2, 0.25) is 0 Å². The highest BCUT2D eigenvalue weighted by Crippen LogP contribution is 2.26. The molecular weight excluding hydrogens is 314 g/mol. The van der Waals surface area contributed by atoms with E-state index < -0.39 is 11.9 Å². The van der Waals surface area contributed by atoms with Crippen molar-refractivity contribution in [1.82, 2.24) is 20.2 Å². The Hall–Kier alpha value is -2.59. The lowest BCUT2D eigenvalue weighted by atomic mass is 10.3. The maximum atomic E-state index is 12.3. The van der Waals surface area contributed by atoms with E-state index >= 15 is 0 Å². The lowest BCUT2D eigenvalue weighted by Crippen LogP contribution is -2.14. The van der Waals surface area contributed by atoms with Gasteiger partial charge < -0.3 is 10.4 Å². The Bertz CT molecular complexity index is 793. The van der Waals surface area contributed by atoms with Crippen LogP contribution in [0, 0.1) is 0 Å². The molecule has 21 heavy (non-hydrogen) atoms. The minimum atomic E-state index is -1.08. The largest absolute Gasteiger partial charge is 0.478 e. The van der Waals surface area contributed by atoms with Crippen LogP contribution in [0.25, 0.3) is 5.69 Å². The Kier molecular flexibility index (Phi) is 3.46. The highest BCUT2D eigenvalue weighted by atomic mass is 32.1. The monoisotopic (exact) mass is 321 g/mol. The van der Waals surface area contributed by atoms with E-state index in [1.807, 2.05) is 0 Å². The number of aromatic carboxylic acids is 1. The number of nitrogens with one attached hydrogen (secondary N) is 1. The third-order valence-corrected chi connectivity index (χ3v) is 4.30. The first-order valence-electron chi connectivity index (χ1n) is 5.60. The van der Waals surface area contributed by atoms with E-state index in [-0.39, 0.29) is 5.56 Å². The number of nitrogens with zero attached hydrogens (tertiary/aromatic N) is 4. The molecule has 0 atom stereocenters. The van der Waals surface area contributed by atoms with Crippen LogP contribution in [0.2, 0.25) is 0 Å². The molecule has 0 unspecified atom stereocenters. The summed E-state index contributed by atoms with van der Waals surface area (Å²) in [7, 11) is 0. The zero-order valence-corrected chi connectivity index (χ0v) is 11.9. The van der Waals surface area contributed by atoms with Crippen molar-refractivity contribution in [3.63, 3.8) is 0 Å². The summed E-state index contributed by atoms with van der Waals surface area (Å²) in [6.45, 7) is 0. The Morgan fingerprint density at radius 1 is 1.24 bits per heavy atom. The fourth-order valence-electron chi connectivity index (χ4n) is 1.66. The number of amides is 1. The number of tetrazole rings is 1. The quantitative estimate of drug-likeness (QED) is 0.757. The molecule has 3 aromatic rings. The van der Waals surface area contributed by atoms with Gasteiger partial charge in [0.05, 0.1) is 11.3 Å². The van der Waals surface area contributed by atoms with Gasteiger partial charge in [0.15, 0.2) is 0 Å². The van der Waals surface area contributed by atoms with Gasteiger partial charge in [-0.2, -0.15) is 4.68 Å². The fourth-order valence-corrected chi connectivity index (χ4v) is 3.21. The lowest BCUT2D eigenvalue weighted by Gasteiger charge is -2.04. The molecule has 3 heterocycles. The Labute approximate surface area is 125 Å². The molecule has 8 nitrogen and oxygen atoms in total. The third-order valence-electron chi connectivity index (χ3n) is 2.57. The summed E-state index contributed by atoms with van der Waals surface area (Å²) in [5.74, 6) is -1.49. The molecule has 0 radical (unpaired) electrons. The van der Waals surface area contributed by atoms with Crippen LogP contribution < -0.4 is 5.32 Å². The van der Waals surface area contributed by atoms with Crippen molar-refractivity contribution >= 4 is 39.6 Å². The van der Waals surface area contributed by atoms with Gasteiger partial charge in [0, 0.05) is 0 Å². The molecule has 0 aliphatic rings. The van der Waals surface area contributed by atoms with Gasteiger partial charge in [0.1, 0.15) is 16.2 Å². The van der Waals surface area contributed by atoms with Crippen molar-refractivity contribution in [2.24, 2.45) is 0 Å². The second-order valence-corrected chi connectivity index (χ2v) is 5.64. The average molecular weight is 321 g/mol. The topological polar surface area (TPSA) is 110 Å². The number of carbonyl (C=O) groups is 2. The van der Waals surface area contributed by atoms with E-state index in [1.54, 1.807) is 16.8 Å². The number of hydrogen-bond donors (Lipinski definition) is 2. The van der Waals surface area contributed by atoms with Gasteiger partial charge in [-0.25, -0.2) is 4.79 Å². The van der Waals surface area contributed by atoms with Crippen molar-refractivity contribution in [3.05, 3.63) is 39.7 Å². The standard InChI is InChI=1S/C11H7N5O3S2/c17-9(13-10-6(11(18)19)1-3-21-10)8-7(2-4-20-8)16-5-12-14-15-16/h1-5H,(H,13,17)(H,18,19). The summed E-state index contributed by atoms with van der Waals surface area (Å²) in [4.78, 5) is 23.7. The van der Waals surface area contributed by atoms with Gasteiger partial charge in [-0.3, -0.25) is 4.79 Å². The van der Waals surface area contributed by atoms with Crippen LogP contribution in [0.4, 0.5) is 5.00 Å². The van der Waals surface area contributed by atoms with Crippen molar-refractivity contribution < 1.29 is 14.7 Å². The molecule has 1 amide bonds. The molecule has 0 fully saturated rings. The number of aromatic nitrogens is 4. The summed E-state index contributed by atoms with van der Waals surface area (Å²) in [5, 5.41) is 26.0. The van der Waals surface area contributed by atoms with Gasteiger partial charge >= 0.3 is 5.97 Å². The molecule has 106 valence electrons. The summed E-state index contributed by atoms with van der Waals surface area (Å²) >= 11 is 2.37. The lowest BCUT2D eigenvalue weighted by molar-refractivity contribution is 0.0698. The molecule has 3 aromatic heterocycles. The van der Waals surface area contributed by atoms with E-state index in [9.17, 15) is 9.59 Å². The summed E-state index contributed by atoms with van der Waals surface area (Å²) in [6, 6.07) is 3.15. The van der Waals surface area contributed by atoms with E-state index in [0.29, 0.717) is 15.6 Å². The van der Waals surface area contributed by atoms with Crippen molar-refractivity contribution in [2.45, 2.75) is 0 Å². The smallest absolute Gasteiger partial charge is 0.338 e. The number of rotatable bonds is 4. The van der Waals surface area contributed by atoms with E-state index in [0.717, 1.165) is 11.3 Å². The maximum Gasteiger partial charge on any atom is 0.338 e. The SMILES string of the molecule is O=C(O)c1ccsc1NC(=O)c1sccc1-n1cnnn1. The van der Waals surface area contributed by atoms with Crippen molar-refractivity contribution in [2.75, 3.05) is 5.32 Å². The highest BCUT2D eigenvalue weighted by molar-refractivity contribution is 7.15. The van der Waals surface area contributed by atoms with E-state index in [4.69, 9.17) is 5.11 Å². The normalized spacial score (nSPS) is 10.5. The second-order valence-electron chi connectivity index (χ2n) is 3.81. The Balaban J connectivity index is 1.89. The summed E-state index contributed by atoms with van der Waals surface area (Å²) < 4.78 is 1.37. The number of carboxylic acid groups (broad SMARTS) is 1. The predicted molar refractivity (Wildman–Crippen MR) is 76.3 cm³/mol. The minimum absolute atomic E-state index is 0.0638. The second kappa shape index (κ2) is 5.42. The van der Waals surface area contributed by atoms with E-state index in [2.05, 4.69) is 20.8 Å². The molecule has 2 N–H and O–H groups in total. The number of hydrogen-bond acceptors (Lipinski definition) is 7. The van der Waals surface area contributed by atoms with Crippen LogP contribution in [0.15, 0.2) is 29.2 Å². The maximum absolute atomic E-state index is 12.3. The molecule has 0 aliphatic carbocycles. The van der Waals surface area contributed by atoms with Crippen LogP contribution >= 0.6 is 22.7 Å². The average Bonchev–Trinajstić information content (AvgIpc) is 3.19. The van der Waals surface area contributed by atoms with Gasteiger partial charge in [0.25, 0.3) is 5.91 Å². The third kappa shape index (κ3) is 2.53. The van der Waals surface area contributed by atoms with Gasteiger partial charge in [-0.1, -0.05) is 0 Å². The molecule has 0 bridgehead atoms.